The molecule has 0 aliphatic carbocycles. The fourth-order valence-electron chi connectivity index (χ4n) is 1.73. The summed E-state index contributed by atoms with van der Waals surface area (Å²) in [5.74, 6) is -1.47. The number of carbonyl (C=O) groups excluding carboxylic acids is 1. The molecule has 1 aromatic heterocycles. The first-order valence-electron chi connectivity index (χ1n) is 5.85. The second kappa shape index (κ2) is 6.24. The van der Waals surface area contributed by atoms with Crippen molar-refractivity contribution in [3.63, 3.8) is 0 Å². The average Bonchev–Trinajstić information content (AvgIpc) is 2.39. The summed E-state index contributed by atoms with van der Waals surface area (Å²) in [5, 5.41) is 11.9. The van der Waals surface area contributed by atoms with Gasteiger partial charge in [-0.05, 0) is 53.2 Å². The number of carboxylic acids is 1. The van der Waals surface area contributed by atoms with E-state index in [0.717, 1.165) is 0 Å². The molecule has 0 spiro atoms. The number of rotatable bonds is 3. The summed E-state index contributed by atoms with van der Waals surface area (Å²) in [4.78, 5) is 27.2. The van der Waals surface area contributed by atoms with E-state index in [-0.39, 0.29) is 16.6 Å². The van der Waals surface area contributed by atoms with Crippen molar-refractivity contribution in [2.45, 2.75) is 6.92 Å². The van der Waals surface area contributed by atoms with Gasteiger partial charge in [0.05, 0.1) is 5.56 Å². The van der Waals surface area contributed by atoms with Crippen molar-refractivity contribution in [3.8, 4) is 0 Å². The van der Waals surface area contributed by atoms with Crippen molar-refractivity contribution in [1.82, 2.24) is 4.98 Å². The van der Waals surface area contributed by atoms with E-state index in [1.54, 1.807) is 25.1 Å². The number of carboxylic acid groups (broad SMARTS) is 1. The summed E-state index contributed by atoms with van der Waals surface area (Å²) in [6.45, 7) is 1.73. The zero-order valence-corrected chi connectivity index (χ0v) is 13.2. The number of amides is 1. The molecule has 0 aliphatic heterocycles. The highest BCUT2D eigenvalue weighted by Crippen LogP contribution is 2.22. The quantitative estimate of drug-likeness (QED) is 0.808. The van der Waals surface area contributed by atoms with Gasteiger partial charge in [0.2, 0.25) is 0 Å². The van der Waals surface area contributed by atoms with Gasteiger partial charge in [-0.2, -0.15) is 0 Å². The molecule has 7 heteroatoms. The molecule has 2 N–H and O–H groups in total. The van der Waals surface area contributed by atoms with E-state index < -0.39 is 5.97 Å². The van der Waals surface area contributed by atoms with Gasteiger partial charge in [0.1, 0.15) is 5.15 Å². The number of hydrogen-bond acceptors (Lipinski definition) is 3. The van der Waals surface area contributed by atoms with Crippen LogP contribution >= 0.6 is 27.5 Å². The number of halogens is 2. The molecule has 108 valence electrons. The first-order chi connectivity index (χ1) is 9.86. The van der Waals surface area contributed by atoms with Crippen molar-refractivity contribution >= 4 is 45.1 Å². The summed E-state index contributed by atoms with van der Waals surface area (Å²) in [6, 6.07) is 7.58. The Morgan fingerprint density at radius 1 is 1.29 bits per heavy atom. The lowest BCUT2D eigenvalue weighted by atomic mass is 10.2. The standard InChI is InChI=1S/C14H10BrClN2O3/c1-7-4-8(5-12(16)17-7)13(19)18-9-2-3-11(15)10(6-9)14(20)21/h2-6H,1H3,(H,18,19)(H,20,21). The van der Waals surface area contributed by atoms with Crippen LogP contribution in [0.15, 0.2) is 34.8 Å². The highest BCUT2D eigenvalue weighted by atomic mass is 79.9. The van der Waals surface area contributed by atoms with Crippen LogP contribution in [0.3, 0.4) is 0 Å². The number of carbonyl (C=O) groups is 2. The van der Waals surface area contributed by atoms with Crippen LogP contribution in [-0.2, 0) is 0 Å². The van der Waals surface area contributed by atoms with Crippen LogP contribution in [0, 0.1) is 6.92 Å². The summed E-state index contributed by atoms with van der Waals surface area (Å²) < 4.78 is 0.441. The largest absolute Gasteiger partial charge is 0.478 e. The molecule has 0 fully saturated rings. The third-order valence-corrected chi connectivity index (χ3v) is 3.52. The first kappa shape index (κ1) is 15.5. The zero-order chi connectivity index (χ0) is 15.6. The van der Waals surface area contributed by atoms with Crippen molar-refractivity contribution in [3.05, 3.63) is 56.8 Å². The van der Waals surface area contributed by atoms with Gasteiger partial charge in [-0.25, -0.2) is 9.78 Å². The number of hydrogen-bond donors (Lipinski definition) is 2. The minimum Gasteiger partial charge on any atom is -0.478 e. The SMILES string of the molecule is Cc1cc(C(=O)Nc2ccc(Br)c(C(=O)O)c2)cc(Cl)n1. The van der Waals surface area contributed by atoms with E-state index in [2.05, 4.69) is 26.2 Å². The van der Waals surface area contributed by atoms with Crippen LogP contribution in [0.1, 0.15) is 26.4 Å². The molecule has 5 nitrogen and oxygen atoms in total. The Morgan fingerprint density at radius 2 is 2.00 bits per heavy atom. The van der Waals surface area contributed by atoms with E-state index in [1.807, 2.05) is 0 Å². The smallest absolute Gasteiger partial charge is 0.336 e. The third kappa shape index (κ3) is 3.80. The Morgan fingerprint density at radius 3 is 2.62 bits per heavy atom. The number of aromatic carboxylic acids is 1. The lowest BCUT2D eigenvalue weighted by Crippen LogP contribution is -2.13. The fourth-order valence-corrected chi connectivity index (χ4v) is 2.40. The zero-order valence-electron chi connectivity index (χ0n) is 10.9. The molecule has 0 atom stereocenters. The van der Waals surface area contributed by atoms with Gasteiger partial charge in [-0.3, -0.25) is 4.79 Å². The third-order valence-electron chi connectivity index (χ3n) is 2.64. The van der Waals surface area contributed by atoms with Crippen molar-refractivity contribution in [2.75, 3.05) is 5.32 Å². The number of aromatic nitrogens is 1. The second-order valence-corrected chi connectivity index (χ2v) is 5.52. The lowest BCUT2D eigenvalue weighted by Gasteiger charge is -2.08. The van der Waals surface area contributed by atoms with Crippen LogP contribution in [0.25, 0.3) is 0 Å². The van der Waals surface area contributed by atoms with Crippen LogP contribution in [-0.4, -0.2) is 22.0 Å². The predicted molar refractivity (Wildman–Crippen MR) is 83.0 cm³/mol. The van der Waals surface area contributed by atoms with Gasteiger partial charge in [0, 0.05) is 21.4 Å². The predicted octanol–water partition coefficient (Wildman–Crippen LogP) is 3.76. The van der Waals surface area contributed by atoms with Crippen LogP contribution in [0.4, 0.5) is 5.69 Å². The van der Waals surface area contributed by atoms with E-state index in [4.69, 9.17) is 16.7 Å². The summed E-state index contributed by atoms with van der Waals surface area (Å²) >= 11 is 8.95. The van der Waals surface area contributed by atoms with Crippen molar-refractivity contribution < 1.29 is 14.7 Å². The van der Waals surface area contributed by atoms with Crippen LogP contribution in [0.2, 0.25) is 5.15 Å². The number of benzene rings is 1. The van der Waals surface area contributed by atoms with Gasteiger partial charge in [-0.1, -0.05) is 11.6 Å². The van der Waals surface area contributed by atoms with Gasteiger partial charge in [0.25, 0.3) is 5.91 Å². The monoisotopic (exact) mass is 368 g/mol. The molecule has 0 unspecified atom stereocenters. The lowest BCUT2D eigenvalue weighted by molar-refractivity contribution is 0.0695. The van der Waals surface area contributed by atoms with Crippen LogP contribution < -0.4 is 5.32 Å². The highest BCUT2D eigenvalue weighted by molar-refractivity contribution is 9.10. The molecule has 0 saturated heterocycles. The number of nitrogens with one attached hydrogen (secondary N) is 1. The Bertz CT molecular complexity index is 714. The Hall–Kier alpha value is -1.92. The molecular weight excluding hydrogens is 360 g/mol. The van der Waals surface area contributed by atoms with Crippen molar-refractivity contribution in [2.24, 2.45) is 0 Å². The van der Waals surface area contributed by atoms with Gasteiger partial charge in [-0.15, -0.1) is 0 Å². The Labute approximate surface area is 134 Å². The maximum Gasteiger partial charge on any atom is 0.336 e. The summed E-state index contributed by atoms with van der Waals surface area (Å²) in [7, 11) is 0. The normalized spacial score (nSPS) is 10.2. The molecule has 2 aromatic rings. The number of aryl methyl sites for hydroxylation is 1. The van der Waals surface area contributed by atoms with E-state index in [9.17, 15) is 9.59 Å². The number of nitrogens with zero attached hydrogens (tertiary/aromatic N) is 1. The molecule has 1 heterocycles. The van der Waals surface area contributed by atoms with E-state index >= 15 is 0 Å². The first-order valence-corrected chi connectivity index (χ1v) is 7.02. The van der Waals surface area contributed by atoms with Gasteiger partial charge in [0.15, 0.2) is 0 Å². The maximum atomic E-state index is 12.1. The molecule has 0 saturated carbocycles. The summed E-state index contributed by atoms with van der Waals surface area (Å²) in [6.07, 6.45) is 0. The Balaban J connectivity index is 2.27. The summed E-state index contributed by atoms with van der Waals surface area (Å²) in [5.41, 5.74) is 1.42. The van der Waals surface area contributed by atoms with Gasteiger partial charge < -0.3 is 10.4 Å². The second-order valence-electron chi connectivity index (χ2n) is 4.27. The fraction of sp³-hybridized carbons (Fsp3) is 0.0714. The van der Waals surface area contributed by atoms with Crippen molar-refractivity contribution in [1.29, 1.82) is 0 Å². The molecule has 0 radical (unpaired) electrons. The maximum absolute atomic E-state index is 12.1. The number of anilines is 1. The molecule has 2 rings (SSSR count). The van der Waals surface area contributed by atoms with Crippen LogP contribution in [0.5, 0.6) is 0 Å². The molecular formula is C14H10BrClN2O3. The number of pyridine rings is 1. The van der Waals surface area contributed by atoms with E-state index in [1.165, 1.54) is 12.1 Å². The molecule has 21 heavy (non-hydrogen) atoms. The topological polar surface area (TPSA) is 79.3 Å². The highest BCUT2D eigenvalue weighted by Gasteiger charge is 2.12. The molecule has 0 aliphatic rings. The van der Waals surface area contributed by atoms with E-state index in [0.29, 0.717) is 21.4 Å². The minimum absolute atomic E-state index is 0.0664. The molecule has 1 aromatic carbocycles. The minimum atomic E-state index is -1.08. The molecule has 1 amide bonds. The Kier molecular flexibility index (Phi) is 4.59. The van der Waals surface area contributed by atoms with Gasteiger partial charge >= 0.3 is 5.97 Å². The molecule has 0 bridgehead atoms. The average molecular weight is 370 g/mol.